The van der Waals surface area contributed by atoms with Gasteiger partial charge in [-0.05, 0) is 86.5 Å². The maximum atomic E-state index is 11.8. The van der Waals surface area contributed by atoms with Crippen molar-refractivity contribution < 1.29 is 49.4 Å². The first kappa shape index (κ1) is 20.6. The molecule has 4 rings (SSSR count). The number of rotatable bonds is 3. The molecule has 0 amide bonds. The quantitative estimate of drug-likeness (QED) is 0.720. The number of carbonyl (C=O) groups is 2. The van der Waals surface area contributed by atoms with Gasteiger partial charge in [0.2, 0.25) is 0 Å². The summed E-state index contributed by atoms with van der Waals surface area (Å²) >= 11 is 0. The molecule has 0 heterocycles. The minimum Gasteiger partial charge on any atom is -0.481 e. The fraction of sp³-hybridized carbons (Fsp3) is 0.810. The standard InChI is InChI=1S/C21H30O4.Na/c1-20-9-6-16-15-5-3-14(22)12-13(15)2-4-17(16)18(20)7-10-21(20,25)11-8-19(23)24;/h12,15-18,25H,2-11H2,1H3,(H,23,24);/q;+1/t15-,16+,17+,18-,20-,21+;/m0./s1. The summed E-state index contributed by atoms with van der Waals surface area (Å²) in [6.45, 7) is 2.22. The Balaban J connectivity index is 0.00000196. The number of allylic oxidation sites excluding steroid dienone is 1. The molecular weight excluding hydrogens is 339 g/mol. The average Bonchev–Trinajstić information content (AvgIpc) is 2.84. The Kier molecular flexibility index (Phi) is 5.81. The summed E-state index contributed by atoms with van der Waals surface area (Å²) in [5, 5.41) is 20.4. The molecule has 3 fully saturated rings. The van der Waals surface area contributed by atoms with Crippen LogP contribution < -0.4 is 29.6 Å². The predicted octanol–water partition coefficient (Wildman–Crippen LogP) is 0.728. The van der Waals surface area contributed by atoms with Gasteiger partial charge in [0.1, 0.15) is 0 Å². The largest absolute Gasteiger partial charge is 1.00 e. The summed E-state index contributed by atoms with van der Waals surface area (Å²) < 4.78 is 0. The SMILES string of the molecule is C[C@]12CC[C@H]3[C@@H](CCC4=CC(=O)CC[C@@H]43)[C@@H]1CC[C@@]2(O)CCC(=O)O.[Na+]. The third-order valence-corrected chi connectivity index (χ3v) is 8.37. The van der Waals surface area contributed by atoms with E-state index in [1.165, 1.54) is 5.57 Å². The van der Waals surface area contributed by atoms with E-state index in [9.17, 15) is 14.7 Å². The minimum absolute atomic E-state index is 0. The summed E-state index contributed by atoms with van der Waals surface area (Å²) in [6, 6.07) is 0. The summed E-state index contributed by atoms with van der Waals surface area (Å²) in [7, 11) is 0. The molecule has 0 aliphatic heterocycles. The number of carboxylic acid groups (broad SMARTS) is 1. The number of hydrogen-bond donors (Lipinski definition) is 2. The van der Waals surface area contributed by atoms with Gasteiger partial charge in [-0.3, -0.25) is 9.59 Å². The van der Waals surface area contributed by atoms with Gasteiger partial charge in [-0.2, -0.15) is 0 Å². The molecule has 4 aliphatic carbocycles. The van der Waals surface area contributed by atoms with Gasteiger partial charge in [0.25, 0.3) is 0 Å². The maximum absolute atomic E-state index is 11.8. The van der Waals surface area contributed by atoms with E-state index in [0.29, 0.717) is 42.3 Å². The Bertz CT molecular complexity index is 630. The topological polar surface area (TPSA) is 74.6 Å². The van der Waals surface area contributed by atoms with Crippen LogP contribution in [0.3, 0.4) is 0 Å². The van der Waals surface area contributed by atoms with Crippen LogP contribution >= 0.6 is 0 Å². The number of fused-ring (bicyclic) bond motifs is 5. The molecule has 4 nitrogen and oxygen atoms in total. The van der Waals surface area contributed by atoms with Crippen LogP contribution in [-0.2, 0) is 9.59 Å². The smallest absolute Gasteiger partial charge is 0.481 e. The van der Waals surface area contributed by atoms with Crippen molar-refractivity contribution in [3.05, 3.63) is 11.6 Å². The van der Waals surface area contributed by atoms with E-state index in [4.69, 9.17) is 5.11 Å². The Morgan fingerprint density at radius 1 is 1.15 bits per heavy atom. The number of hydrogen-bond acceptors (Lipinski definition) is 3. The Morgan fingerprint density at radius 3 is 2.65 bits per heavy atom. The zero-order chi connectivity index (χ0) is 17.8. The summed E-state index contributed by atoms with van der Waals surface area (Å²) in [6.07, 6.45) is 10.1. The van der Waals surface area contributed by atoms with Gasteiger partial charge >= 0.3 is 35.5 Å². The fourth-order valence-electron chi connectivity index (χ4n) is 7.02. The first-order valence-electron chi connectivity index (χ1n) is 10.0. The van der Waals surface area contributed by atoms with Gasteiger partial charge < -0.3 is 10.2 Å². The van der Waals surface area contributed by atoms with E-state index in [1.807, 2.05) is 6.08 Å². The zero-order valence-corrected chi connectivity index (χ0v) is 18.2. The molecule has 0 radical (unpaired) electrons. The third kappa shape index (κ3) is 3.15. The number of ketones is 1. The zero-order valence-electron chi connectivity index (χ0n) is 16.2. The second-order valence-electron chi connectivity index (χ2n) is 9.22. The van der Waals surface area contributed by atoms with Gasteiger partial charge in [0.15, 0.2) is 5.78 Å². The van der Waals surface area contributed by atoms with Crippen molar-refractivity contribution in [1.82, 2.24) is 0 Å². The molecule has 0 aromatic carbocycles. The molecule has 0 aromatic rings. The molecule has 3 saturated carbocycles. The van der Waals surface area contributed by atoms with Crippen LogP contribution in [0.4, 0.5) is 0 Å². The number of aliphatic hydroxyl groups is 1. The molecular formula is C21H30NaO4+. The molecule has 0 aromatic heterocycles. The number of carbonyl (C=O) groups excluding carboxylic acids is 1. The third-order valence-electron chi connectivity index (χ3n) is 8.37. The average molecular weight is 369 g/mol. The predicted molar refractivity (Wildman–Crippen MR) is 93.9 cm³/mol. The molecule has 2 N–H and O–H groups in total. The molecule has 6 atom stereocenters. The van der Waals surface area contributed by atoms with Gasteiger partial charge in [-0.15, -0.1) is 0 Å². The van der Waals surface area contributed by atoms with Crippen molar-refractivity contribution in [2.75, 3.05) is 0 Å². The maximum Gasteiger partial charge on any atom is 1.00 e. The molecule has 0 bridgehead atoms. The minimum atomic E-state index is -0.820. The van der Waals surface area contributed by atoms with Crippen molar-refractivity contribution in [2.45, 2.75) is 76.7 Å². The molecule has 4 aliphatic rings. The van der Waals surface area contributed by atoms with E-state index in [0.717, 1.165) is 44.9 Å². The first-order valence-corrected chi connectivity index (χ1v) is 10.0. The van der Waals surface area contributed by atoms with E-state index in [1.54, 1.807) is 0 Å². The Labute approximate surface area is 178 Å². The Morgan fingerprint density at radius 2 is 1.92 bits per heavy atom. The van der Waals surface area contributed by atoms with Crippen molar-refractivity contribution >= 4 is 11.8 Å². The van der Waals surface area contributed by atoms with Crippen LogP contribution in [-0.4, -0.2) is 27.6 Å². The van der Waals surface area contributed by atoms with Crippen LogP contribution in [0.2, 0.25) is 0 Å². The normalized spacial score (nSPS) is 44.2. The van der Waals surface area contributed by atoms with Gasteiger partial charge in [0.05, 0.1) is 5.60 Å². The molecule has 5 heteroatoms. The fourth-order valence-corrected chi connectivity index (χ4v) is 7.02. The van der Waals surface area contributed by atoms with Crippen molar-refractivity contribution in [3.63, 3.8) is 0 Å². The molecule has 26 heavy (non-hydrogen) atoms. The number of aliphatic carboxylic acids is 1. The summed E-state index contributed by atoms with van der Waals surface area (Å²) in [4.78, 5) is 22.8. The van der Waals surface area contributed by atoms with E-state index in [2.05, 4.69) is 6.92 Å². The monoisotopic (exact) mass is 369 g/mol. The van der Waals surface area contributed by atoms with E-state index >= 15 is 0 Å². The van der Waals surface area contributed by atoms with Crippen LogP contribution in [0.1, 0.15) is 71.1 Å². The van der Waals surface area contributed by atoms with Crippen molar-refractivity contribution in [2.24, 2.45) is 29.1 Å². The summed E-state index contributed by atoms with van der Waals surface area (Å²) in [5.41, 5.74) is 0.426. The van der Waals surface area contributed by atoms with Crippen LogP contribution in [0.5, 0.6) is 0 Å². The molecule has 0 spiro atoms. The molecule has 0 saturated heterocycles. The van der Waals surface area contributed by atoms with Crippen LogP contribution in [0, 0.1) is 29.1 Å². The van der Waals surface area contributed by atoms with E-state index < -0.39 is 11.6 Å². The van der Waals surface area contributed by atoms with Crippen LogP contribution in [0.25, 0.3) is 0 Å². The van der Waals surface area contributed by atoms with Gasteiger partial charge in [0, 0.05) is 12.8 Å². The van der Waals surface area contributed by atoms with Crippen LogP contribution in [0.15, 0.2) is 11.6 Å². The first-order chi connectivity index (χ1) is 11.8. The summed E-state index contributed by atoms with van der Waals surface area (Å²) in [5.74, 6) is 1.86. The van der Waals surface area contributed by atoms with E-state index in [-0.39, 0.29) is 41.4 Å². The Hall–Kier alpha value is -0.160. The van der Waals surface area contributed by atoms with Crippen molar-refractivity contribution in [3.8, 4) is 0 Å². The number of carboxylic acids is 1. The molecule has 138 valence electrons. The van der Waals surface area contributed by atoms with Gasteiger partial charge in [-0.1, -0.05) is 12.5 Å². The second-order valence-corrected chi connectivity index (χ2v) is 9.22. The second kappa shape index (κ2) is 7.35. The molecule has 0 unspecified atom stereocenters. The van der Waals surface area contributed by atoms with Gasteiger partial charge in [-0.25, -0.2) is 0 Å². The van der Waals surface area contributed by atoms with Crippen molar-refractivity contribution in [1.29, 1.82) is 0 Å².